The standard InChI is InChI=1S/C23H21ClN4O2/c24-21-6-5-14(11-26-21)9-15-10-18-22(17-4-2-1-3-16(15)17)27-13-28(23(18)30)19-7-8-25-12-20(19)29/h1-6,10-11,13,19-20,25,29H,7-9,12H2/t19?,20-/m0/s1. The molecule has 4 aromatic rings. The first kappa shape index (κ1) is 19.2. The van der Waals surface area contributed by atoms with Gasteiger partial charge in [0.15, 0.2) is 0 Å². The molecule has 0 radical (unpaired) electrons. The van der Waals surface area contributed by atoms with Crippen LogP contribution in [-0.2, 0) is 6.42 Å². The molecule has 0 amide bonds. The van der Waals surface area contributed by atoms with Gasteiger partial charge in [-0.05, 0) is 48.0 Å². The van der Waals surface area contributed by atoms with Crippen molar-refractivity contribution in [1.29, 1.82) is 0 Å². The van der Waals surface area contributed by atoms with Gasteiger partial charge in [0.25, 0.3) is 5.56 Å². The van der Waals surface area contributed by atoms with Crippen LogP contribution in [0.4, 0.5) is 0 Å². The summed E-state index contributed by atoms with van der Waals surface area (Å²) in [4.78, 5) is 22.2. The number of pyridine rings is 1. The number of benzene rings is 2. The van der Waals surface area contributed by atoms with Crippen molar-refractivity contribution in [3.8, 4) is 0 Å². The van der Waals surface area contributed by atoms with Crippen LogP contribution in [0.2, 0.25) is 5.15 Å². The third kappa shape index (κ3) is 3.37. The molecule has 1 saturated heterocycles. The predicted octanol–water partition coefficient (Wildman–Crippen LogP) is 3.08. The molecule has 1 aliphatic rings. The van der Waals surface area contributed by atoms with Gasteiger partial charge in [-0.1, -0.05) is 41.9 Å². The molecule has 1 fully saturated rings. The summed E-state index contributed by atoms with van der Waals surface area (Å²) in [5.74, 6) is 0. The Bertz CT molecular complexity index is 1290. The number of nitrogens with zero attached hydrogens (tertiary/aromatic N) is 3. The lowest BCUT2D eigenvalue weighted by atomic mass is 9.96. The molecule has 2 aromatic carbocycles. The van der Waals surface area contributed by atoms with Crippen molar-refractivity contribution in [2.75, 3.05) is 13.1 Å². The fraction of sp³-hybridized carbons (Fsp3) is 0.261. The Morgan fingerprint density at radius 2 is 1.97 bits per heavy atom. The quantitative estimate of drug-likeness (QED) is 0.393. The number of nitrogens with one attached hydrogen (secondary N) is 1. The van der Waals surface area contributed by atoms with Crippen LogP contribution in [0.25, 0.3) is 21.7 Å². The van der Waals surface area contributed by atoms with Crippen molar-refractivity contribution in [1.82, 2.24) is 19.9 Å². The smallest absolute Gasteiger partial charge is 0.261 e. The van der Waals surface area contributed by atoms with Crippen LogP contribution in [0.3, 0.4) is 0 Å². The van der Waals surface area contributed by atoms with E-state index in [1.165, 1.54) is 0 Å². The Kier molecular flexibility index (Phi) is 4.98. The number of rotatable bonds is 3. The predicted molar refractivity (Wildman–Crippen MR) is 118 cm³/mol. The van der Waals surface area contributed by atoms with Gasteiger partial charge in [-0.15, -0.1) is 0 Å². The van der Waals surface area contributed by atoms with Gasteiger partial charge >= 0.3 is 0 Å². The second kappa shape index (κ2) is 7.80. The monoisotopic (exact) mass is 420 g/mol. The van der Waals surface area contributed by atoms with E-state index in [2.05, 4.69) is 21.4 Å². The molecule has 0 saturated carbocycles. The molecule has 3 heterocycles. The number of piperidine rings is 1. The lowest BCUT2D eigenvalue weighted by molar-refractivity contribution is 0.0852. The van der Waals surface area contributed by atoms with E-state index >= 15 is 0 Å². The first-order chi connectivity index (χ1) is 14.6. The second-order valence-electron chi connectivity index (χ2n) is 7.73. The summed E-state index contributed by atoms with van der Waals surface area (Å²) in [6, 6.07) is 13.4. The van der Waals surface area contributed by atoms with Gasteiger partial charge in [-0.2, -0.15) is 0 Å². The number of β-amino-alcohol motifs (C(OH)–C–C–N with tert-alkyl or cyclic N) is 1. The minimum Gasteiger partial charge on any atom is -0.390 e. The zero-order valence-corrected chi connectivity index (χ0v) is 17.0. The Hall–Kier alpha value is -2.80. The summed E-state index contributed by atoms with van der Waals surface area (Å²) < 4.78 is 1.59. The fourth-order valence-corrected chi connectivity index (χ4v) is 4.43. The largest absolute Gasteiger partial charge is 0.390 e. The van der Waals surface area contributed by atoms with E-state index in [1.54, 1.807) is 23.2 Å². The first-order valence-electron chi connectivity index (χ1n) is 10.0. The zero-order valence-electron chi connectivity index (χ0n) is 16.3. The molecule has 2 aromatic heterocycles. The van der Waals surface area contributed by atoms with Crippen molar-refractivity contribution >= 4 is 33.3 Å². The number of aromatic nitrogens is 3. The zero-order chi connectivity index (χ0) is 20.7. The molecule has 30 heavy (non-hydrogen) atoms. The number of aliphatic hydroxyl groups is 1. The van der Waals surface area contributed by atoms with Crippen LogP contribution >= 0.6 is 11.6 Å². The molecule has 2 N–H and O–H groups in total. The summed E-state index contributed by atoms with van der Waals surface area (Å²) in [6.45, 7) is 1.24. The van der Waals surface area contributed by atoms with E-state index in [9.17, 15) is 9.90 Å². The highest BCUT2D eigenvalue weighted by Crippen LogP contribution is 2.28. The van der Waals surface area contributed by atoms with Crippen LogP contribution in [-0.4, -0.2) is 38.8 Å². The maximum absolute atomic E-state index is 13.4. The summed E-state index contributed by atoms with van der Waals surface area (Å²) in [5, 5.41) is 16.6. The van der Waals surface area contributed by atoms with E-state index in [-0.39, 0.29) is 11.6 Å². The van der Waals surface area contributed by atoms with Crippen molar-refractivity contribution in [2.24, 2.45) is 0 Å². The minimum absolute atomic E-state index is 0.118. The molecule has 0 bridgehead atoms. The van der Waals surface area contributed by atoms with Gasteiger partial charge in [0.1, 0.15) is 5.15 Å². The van der Waals surface area contributed by atoms with Crippen molar-refractivity contribution < 1.29 is 5.11 Å². The Balaban J connectivity index is 1.70. The van der Waals surface area contributed by atoms with Gasteiger partial charge in [0.05, 0.1) is 29.4 Å². The normalized spacial score (nSPS) is 19.4. The van der Waals surface area contributed by atoms with E-state index in [0.29, 0.717) is 35.4 Å². The summed E-state index contributed by atoms with van der Waals surface area (Å²) in [6.07, 6.45) is 4.04. The van der Waals surface area contributed by atoms with Gasteiger partial charge in [-0.3, -0.25) is 9.36 Å². The number of hydrogen-bond acceptors (Lipinski definition) is 5. The van der Waals surface area contributed by atoms with E-state index in [0.717, 1.165) is 28.4 Å². The lowest BCUT2D eigenvalue weighted by Crippen LogP contribution is -2.44. The SMILES string of the molecule is O=c1c2cc(Cc3ccc(Cl)nc3)c3ccccc3c2ncn1C1CCNC[C@@H]1O. The highest BCUT2D eigenvalue weighted by atomic mass is 35.5. The molecular weight excluding hydrogens is 400 g/mol. The van der Waals surface area contributed by atoms with E-state index < -0.39 is 6.10 Å². The van der Waals surface area contributed by atoms with Gasteiger partial charge in [0.2, 0.25) is 0 Å². The number of aliphatic hydroxyl groups excluding tert-OH is 1. The fourth-order valence-electron chi connectivity index (χ4n) is 4.31. The van der Waals surface area contributed by atoms with E-state index in [4.69, 9.17) is 11.6 Å². The second-order valence-corrected chi connectivity index (χ2v) is 8.12. The molecule has 6 nitrogen and oxygen atoms in total. The number of fused-ring (bicyclic) bond motifs is 3. The average Bonchev–Trinajstić information content (AvgIpc) is 2.77. The van der Waals surface area contributed by atoms with Gasteiger partial charge in [-0.25, -0.2) is 9.97 Å². The highest BCUT2D eigenvalue weighted by molar-refractivity contribution is 6.29. The molecule has 0 spiro atoms. The molecule has 7 heteroatoms. The Morgan fingerprint density at radius 3 is 2.73 bits per heavy atom. The topological polar surface area (TPSA) is 80.0 Å². The van der Waals surface area contributed by atoms with Crippen molar-refractivity contribution in [3.05, 3.63) is 81.6 Å². The minimum atomic E-state index is -0.615. The molecule has 2 atom stereocenters. The Labute approximate surface area is 178 Å². The number of hydrogen-bond donors (Lipinski definition) is 2. The van der Waals surface area contributed by atoms with Crippen molar-refractivity contribution in [2.45, 2.75) is 25.0 Å². The third-order valence-electron chi connectivity index (χ3n) is 5.83. The molecule has 152 valence electrons. The maximum Gasteiger partial charge on any atom is 0.261 e. The maximum atomic E-state index is 13.4. The highest BCUT2D eigenvalue weighted by Gasteiger charge is 2.26. The lowest BCUT2D eigenvalue weighted by Gasteiger charge is -2.29. The molecule has 1 aliphatic heterocycles. The molecule has 1 unspecified atom stereocenters. The van der Waals surface area contributed by atoms with Crippen LogP contribution in [0, 0.1) is 0 Å². The molecule has 5 rings (SSSR count). The summed E-state index contributed by atoms with van der Waals surface area (Å²) >= 11 is 5.92. The van der Waals surface area contributed by atoms with Crippen molar-refractivity contribution in [3.63, 3.8) is 0 Å². The van der Waals surface area contributed by atoms with Crippen LogP contribution < -0.4 is 10.9 Å². The van der Waals surface area contributed by atoms with Gasteiger partial charge < -0.3 is 10.4 Å². The van der Waals surface area contributed by atoms with Gasteiger partial charge in [0, 0.05) is 18.1 Å². The Morgan fingerprint density at radius 1 is 1.13 bits per heavy atom. The summed E-state index contributed by atoms with van der Waals surface area (Å²) in [5.41, 5.74) is 2.62. The first-order valence-corrected chi connectivity index (χ1v) is 10.4. The van der Waals surface area contributed by atoms with Crippen LogP contribution in [0.5, 0.6) is 0 Å². The van der Waals surface area contributed by atoms with E-state index in [1.807, 2.05) is 30.3 Å². The molecular formula is C23H21ClN4O2. The average molecular weight is 421 g/mol. The van der Waals surface area contributed by atoms with Crippen LogP contribution in [0.1, 0.15) is 23.6 Å². The van der Waals surface area contributed by atoms with Crippen LogP contribution in [0.15, 0.2) is 59.8 Å². The number of halogens is 1. The third-order valence-corrected chi connectivity index (χ3v) is 6.06. The molecule has 0 aliphatic carbocycles. The summed E-state index contributed by atoms with van der Waals surface area (Å²) in [7, 11) is 0.